The van der Waals surface area contributed by atoms with Gasteiger partial charge in [-0.3, -0.25) is 14.6 Å². The summed E-state index contributed by atoms with van der Waals surface area (Å²) in [6.07, 6.45) is 6.42. The van der Waals surface area contributed by atoms with Crippen LogP contribution < -0.4 is 5.32 Å². The largest absolute Gasteiger partial charge is 0.480 e. The molecule has 2 aliphatic heterocycles. The molecule has 0 saturated carbocycles. The summed E-state index contributed by atoms with van der Waals surface area (Å²) in [6, 6.07) is 3.44. The van der Waals surface area contributed by atoms with Crippen molar-refractivity contribution in [3.63, 3.8) is 0 Å². The Morgan fingerprint density at radius 2 is 1.80 bits per heavy atom. The maximum absolute atomic E-state index is 13.3. The highest BCUT2D eigenvalue weighted by Gasteiger charge is 2.41. The lowest BCUT2D eigenvalue weighted by molar-refractivity contribution is -0.143. The van der Waals surface area contributed by atoms with Crippen molar-refractivity contribution in [1.82, 2.24) is 29.1 Å². The van der Waals surface area contributed by atoms with E-state index in [0.29, 0.717) is 25.4 Å². The highest BCUT2D eigenvalue weighted by atomic mass is 35.5. The molecule has 2 aromatic heterocycles. The van der Waals surface area contributed by atoms with E-state index in [1.54, 1.807) is 17.3 Å². The van der Waals surface area contributed by atoms with Gasteiger partial charge in [0, 0.05) is 55.3 Å². The molecule has 0 unspecified atom stereocenters. The van der Waals surface area contributed by atoms with E-state index < -0.39 is 34.0 Å². The average molecular weight is 680 g/mol. The molecule has 0 radical (unpaired) electrons. The van der Waals surface area contributed by atoms with Crippen molar-refractivity contribution in [3.05, 3.63) is 52.5 Å². The van der Waals surface area contributed by atoms with Crippen molar-refractivity contribution < 1.29 is 27.9 Å². The molecule has 4 heterocycles. The quantitative estimate of drug-likeness (QED) is 0.311. The molecule has 2 aliphatic rings. The molecule has 2 amide bonds. The lowest BCUT2D eigenvalue weighted by Gasteiger charge is -2.33. The standard InChI is InChI=1S/C30H36Cl2N6O6S/c1-2-27-34-24-17-33-10-7-25(24)37(27)18-19-8-12-36(13-9-19)28(39)6-5-23(30(41)42)35-29(40)26-4-3-11-38(26)45(43,44)22-15-20(31)14-21(32)16-22/h7,10,14-17,19,23,26H,2-6,8-9,11-13,18H2,1H3,(H,35,40)(H,41,42)/t23-,26-/m0/s1. The van der Waals surface area contributed by atoms with Gasteiger partial charge in [0.25, 0.3) is 0 Å². The van der Waals surface area contributed by atoms with Crippen molar-refractivity contribution in [2.75, 3.05) is 19.6 Å². The number of amides is 2. The predicted octanol–water partition coefficient (Wildman–Crippen LogP) is 3.74. The molecule has 15 heteroatoms. The van der Waals surface area contributed by atoms with Gasteiger partial charge >= 0.3 is 5.97 Å². The smallest absolute Gasteiger partial charge is 0.326 e. The number of imidazole rings is 1. The molecule has 2 N–H and O–H groups in total. The minimum Gasteiger partial charge on any atom is -0.480 e. The Morgan fingerprint density at radius 1 is 1.09 bits per heavy atom. The number of carboxylic acid groups (broad SMARTS) is 1. The highest BCUT2D eigenvalue weighted by Crippen LogP contribution is 2.30. The zero-order valence-electron chi connectivity index (χ0n) is 24.9. The van der Waals surface area contributed by atoms with Crippen molar-refractivity contribution in [2.24, 2.45) is 5.92 Å². The van der Waals surface area contributed by atoms with Crippen LogP contribution in [0.2, 0.25) is 10.0 Å². The number of likely N-dealkylation sites (tertiary alicyclic amines) is 1. The number of carbonyl (C=O) groups excluding carboxylic acids is 2. The van der Waals surface area contributed by atoms with Gasteiger partial charge in [-0.1, -0.05) is 30.1 Å². The second-order valence-corrected chi connectivity index (χ2v) is 14.3. The van der Waals surface area contributed by atoms with Crippen LogP contribution in [0, 0.1) is 5.92 Å². The maximum Gasteiger partial charge on any atom is 0.326 e. The van der Waals surface area contributed by atoms with E-state index in [0.717, 1.165) is 47.0 Å². The molecule has 2 fully saturated rings. The van der Waals surface area contributed by atoms with E-state index in [1.807, 2.05) is 6.07 Å². The van der Waals surface area contributed by atoms with Gasteiger partial charge < -0.3 is 19.9 Å². The summed E-state index contributed by atoms with van der Waals surface area (Å²) in [4.78, 5) is 48.7. The molecule has 45 heavy (non-hydrogen) atoms. The zero-order valence-corrected chi connectivity index (χ0v) is 27.2. The molecule has 0 aliphatic carbocycles. The summed E-state index contributed by atoms with van der Waals surface area (Å²) in [6.45, 7) is 4.08. The molecule has 12 nitrogen and oxygen atoms in total. The third kappa shape index (κ3) is 7.43. The number of hydrogen-bond donors (Lipinski definition) is 2. The van der Waals surface area contributed by atoms with Gasteiger partial charge in [0.2, 0.25) is 21.8 Å². The Kier molecular flexibility index (Phi) is 10.3. The zero-order chi connectivity index (χ0) is 32.3. The first-order valence-corrected chi connectivity index (χ1v) is 17.3. The molecule has 2 saturated heterocycles. The number of aryl methyl sites for hydroxylation is 1. The normalized spacial score (nSPS) is 18.7. The molecule has 3 aromatic rings. The maximum atomic E-state index is 13.3. The minimum atomic E-state index is -4.12. The number of pyridine rings is 1. The van der Waals surface area contributed by atoms with Crippen LogP contribution in [-0.4, -0.2) is 86.8 Å². The van der Waals surface area contributed by atoms with Gasteiger partial charge in [-0.15, -0.1) is 0 Å². The number of halogens is 2. The fraction of sp³-hybridized carbons (Fsp3) is 0.500. The third-order valence-corrected chi connectivity index (χ3v) is 10.9. The van der Waals surface area contributed by atoms with Crippen LogP contribution in [0.25, 0.3) is 11.0 Å². The van der Waals surface area contributed by atoms with E-state index in [1.165, 1.54) is 18.2 Å². The number of hydrogen-bond acceptors (Lipinski definition) is 7. The van der Waals surface area contributed by atoms with Crippen molar-refractivity contribution >= 4 is 62.0 Å². The predicted molar refractivity (Wildman–Crippen MR) is 168 cm³/mol. The van der Waals surface area contributed by atoms with Crippen LogP contribution >= 0.6 is 23.2 Å². The van der Waals surface area contributed by atoms with E-state index in [-0.39, 0.29) is 46.7 Å². The van der Waals surface area contributed by atoms with Gasteiger partial charge in [-0.2, -0.15) is 4.31 Å². The number of carbonyl (C=O) groups is 3. The number of fused-ring (bicyclic) bond motifs is 1. The Hall–Kier alpha value is -3.26. The van der Waals surface area contributed by atoms with Crippen LogP contribution in [0.4, 0.5) is 0 Å². The first-order valence-electron chi connectivity index (χ1n) is 15.1. The number of aliphatic carboxylic acids is 1. The van der Waals surface area contributed by atoms with Crippen molar-refractivity contribution in [3.8, 4) is 0 Å². The second-order valence-electron chi connectivity index (χ2n) is 11.5. The van der Waals surface area contributed by atoms with E-state index >= 15 is 0 Å². The number of benzene rings is 1. The summed E-state index contributed by atoms with van der Waals surface area (Å²) < 4.78 is 29.9. The molecular formula is C30H36Cl2N6O6S. The highest BCUT2D eigenvalue weighted by molar-refractivity contribution is 7.89. The fourth-order valence-corrected chi connectivity index (χ4v) is 8.57. The Morgan fingerprint density at radius 3 is 2.47 bits per heavy atom. The first-order chi connectivity index (χ1) is 21.5. The molecule has 1 aromatic carbocycles. The Labute approximate surface area is 271 Å². The second kappa shape index (κ2) is 14.0. The Balaban J connectivity index is 1.15. The topological polar surface area (TPSA) is 155 Å². The molecule has 5 rings (SSSR count). The number of nitrogens with one attached hydrogen (secondary N) is 1. The molecular weight excluding hydrogens is 643 g/mol. The van der Waals surface area contributed by atoms with E-state index in [4.69, 9.17) is 28.2 Å². The van der Waals surface area contributed by atoms with Crippen LogP contribution in [-0.2, 0) is 37.4 Å². The van der Waals surface area contributed by atoms with Crippen LogP contribution in [0.5, 0.6) is 0 Å². The van der Waals surface area contributed by atoms with Crippen molar-refractivity contribution in [1.29, 1.82) is 0 Å². The summed E-state index contributed by atoms with van der Waals surface area (Å²) in [5.74, 6) is -0.822. The number of aromatic nitrogens is 3. The van der Waals surface area contributed by atoms with Crippen LogP contribution in [0.1, 0.15) is 51.3 Å². The SMILES string of the molecule is CCc1nc2cnccc2n1CC1CCN(C(=O)CC[C@H](NC(=O)[C@@H]2CCCN2S(=O)(=O)c2cc(Cl)cc(Cl)c2)C(=O)O)CC1. The molecule has 0 bridgehead atoms. The molecule has 2 atom stereocenters. The minimum absolute atomic E-state index is 0.0608. The number of rotatable bonds is 11. The summed E-state index contributed by atoms with van der Waals surface area (Å²) in [5, 5.41) is 12.6. The summed E-state index contributed by atoms with van der Waals surface area (Å²) >= 11 is 12.0. The monoisotopic (exact) mass is 678 g/mol. The first kappa shape index (κ1) is 33.1. The number of piperidine rings is 1. The lowest BCUT2D eigenvalue weighted by Crippen LogP contribution is -2.51. The number of nitrogens with zero attached hydrogens (tertiary/aromatic N) is 5. The van der Waals surface area contributed by atoms with Crippen molar-refractivity contribution in [2.45, 2.75) is 75.4 Å². The third-order valence-electron chi connectivity index (χ3n) is 8.56. The molecule has 0 spiro atoms. The molecule has 242 valence electrons. The van der Waals surface area contributed by atoms with Gasteiger partial charge in [-0.05, 0) is 62.3 Å². The van der Waals surface area contributed by atoms with Gasteiger partial charge in [0.1, 0.15) is 23.4 Å². The number of sulfonamides is 1. The van der Waals surface area contributed by atoms with E-state index in [2.05, 4.69) is 21.8 Å². The fourth-order valence-electron chi connectivity index (χ4n) is 6.18. The summed E-state index contributed by atoms with van der Waals surface area (Å²) in [5.41, 5.74) is 1.92. The van der Waals surface area contributed by atoms with Crippen LogP contribution in [0.3, 0.4) is 0 Å². The Bertz CT molecular complexity index is 1670. The summed E-state index contributed by atoms with van der Waals surface area (Å²) in [7, 11) is -4.12. The van der Waals surface area contributed by atoms with Crippen LogP contribution in [0.15, 0.2) is 41.6 Å². The van der Waals surface area contributed by atoms with Gasteiger partial charge in [0.05, 0.1) is 16.6 Å². The van der Waals surface area contributed by atoms with Gasteiger partial charge in [-0.25, -0.2) is 18.2 Å². The van der Waals surface area contributed by atoms with E-state index in [9.17, 15) is 27.9 Å². The lowest BCUT2D eigenvalue weighted by atomic mass is 9.96. The average Bonchev–Trinajstić information content (AvgIpc) is 3.65. The van der Waals surface area contributed by atoms with Gasteiger partial charge in [0.15, 0.2) is 0 Å². The number of carboxylic acids is 1.